The molecule has 1 atom stereocenters. The maximum atomic E-state index is 4.21. The molecular weight excluding hydrogens is 160 g/mol. The van der Waals surface area contributed by atoms with Crippen LogP contribution in [0.5, 0.6) is 0 Å². The van der Waals surface area contributed by atoms with Gasteiger partial charge in [0.2, 0.25) is 0 Å². The average Bonchev–Trinajstić information content (AvgIpc) is 2.71. The lowest BCUT2D eigenvalue weighted by molar-refractivity contribution is 0.564. The molecule has 2 aromatic rings. The summed E-state index contributed by atoms with van der Waals surface area (Å²) in [6, 6.07) is 12.6. The minimum atomic E-state index is 0.316. The predicted octanol–water partition coefficient (Wildman–Crippen LogP) is 2.49. The SMILES string of the molecule is C[C@H](c1ccccc1)n1cccn1. The predicted molar refractivity (Wildman–Crippen MR) is 52.5 cm³/mol. The van der Waals surface area contributed by atoms with Crippen molar-refractivity contribution in [3.05, 3.63) is 54.4 Å². The number of hydrogen-bond donors (Lipinski definition) is 0. The lowest BCUT2D eigenvalue weighted by Crippen LogP contribution is -2.06. The molecule has 0 unspecified atom stereocenters. The quantitative estimate of drug-likeness (QED) is 0.680. The molecule has 2 nitrogen and oxygen atoms in total. The van der Waals surface area contributed by atoms with Crippen LogP contribution in [0.2, 0.25) is 0 Å². The van der Waals surface area contributed by atoms with E-state index in [9.17, 15) is 0 Å². The monoisotopic (exact) mass is 172 g/mol. The molecule has 0 bridgehead atoms. The van der Waals surface area contributed by atoms with E-state index in [0.29, 0.717) is 6.04 Å². The fourth-order valence-corrected chi connectivity index (χ4v) is 1.39. The second kappa shape index (κ2) is 3.44. The van der Waals surface area contributed by atoms with E-state index in [-0.39, 0.29) is 0 Å². The zero-order valence-electron chi connectivity index (χ0n) is 7.59. The van der Waals surface area contributed by atoms with E-state index >= 15 is 0 Å². The lowest BCUT2D eigenvalue weighted by atomic mass is 10.1. The highest BCUT2D eigenvalue weighted by Gasteiger charge is 2.05. The maximum absolute atomic E-state index is 4.21. The van der Waals surface area contributed by atoms with Gasteiger partial charge in [-0.1, -0.05) is 30.3 Å². The van der Waals surface area contributed by atoms with Crippen LogP contribution >= 0.6 is 0 Å². The summed E-state index contributed by atoms with van der Waals surface area (Å²) in [4.78, 5) is 0. The summed E-state index contributed by atoms with van der Waals surface area (Å²) in [6.45, 7) is 2.14. The average molecular weight is 172 g/mol. The fraction of sp³-hybridized carbons (Fsp3) is 0.182. The van der Waals surface area contributed by atoms with Gasteiger partial charge in [0.25, 0.3) is 0 Å². The minimum absolute atomic E-state index is 0.316. The minimum Gasteiger partial charge on any atom is -0.266 e. The molecule has 0 aliphatic heterocycles. The van der Waals surface area contributed by atoms with Gasteiger partial charge in [-0.25, -0.2) is 0 Å². The standard InChI is InChI=1S/C11H12N2/c1-10(13-9-5-8-12-13)11-6-3-2-4-7-11/h2-10H,1H3/t10-/m1/s1. The molecule has 0 aliphatic rings. The Morgan fingerprint density at radius 1 is 1.15 bits per heavy atom. The van der Waals surface area contributed by atoms with Gasteiger partial charge in [-0.3, -0.25) is 4.68 Å². The Morgan fingerprint density at radius 3 is 2.54 bits per heavy atom. The molecule has 0 saturated heterocycles. The van der Waals surface area contributed by atoms with Crippen LogP contribution in [0.25, 0.3) is 0 Å². The molecule has 0 saturated carbocycles. The first-order valence-electron chi connectivity index (χ1n) is 4.42. The van der Waals surface area contributed by atoms with E-state index < -0.39 is 0 Å². The highest BCUT2D eigenvalue weighted by atomic mass is 15.3. The lowest BCUT2D eigenvalue weighted by Gasteiger charge is -2.11. The van der Waals surface area contributed by atoms with Crippen molar-refractivity contribution in [2.75, 3.05) is 0 Å². The second-order valence-corrected chi connectivity index (χ2v) is 3.07. The summed E-state index contributed by atoms with van der Waals surface area (Å²) in [5.41, 5.74) is 1.28. The first kappa shape index (κ1) is 8.05. The van der Waals surface area contributed by atoms with Crippen LogP contribution < -0.4 is 0 Å². The van der Waals surface area contributed by atoms with Crippen LogP contribution in [0, 0.1) is 0 Å². The Hall–Kier alpha value is -1.57. The largest absolute Gasteiger partial charge is 0.266 e. The van der Waals surface area contributed by atoms with Crippen molar-refractivity contribution >= 4 is 0 Å². The normalized spacial score (nSPS) is 12.7. The summed E-state index contributed by atoms with van der Waals surface area (Å²) in [5.74, 6) is 0. The molecule has 1 aromatic carbocycles. The van der Waals surface area contributed by atoms with E-state index in [4.69, 9.17) is 0 Å². The maximum Gasteiger partial charge on any atom is 0.0740 e. The molecule has 13 heavy (non-hydrogen) atoms. The summed E-state index contributed by atoms with van der Waals surface area (Å²) in [5, 5.41) is 4.21. The Bertz CT molecular complexity index is 351. The van der Waals surface area contributed by atoms with Crippen molar-refractivity contribution in [3.63, 3.8) is 0 Å². The summed E-state index contributed by atoms with van der Waals surface area (Å²) < 4.78 is 1.95. The Labute approximate surface area is 77.8 Å². The molecule has 0 fully saturated rings. The van der Waals surface area contributed by atoms with Crippen LogP contribution in [0.1, 0.15) is 18.5 Å². The third-order valence-corrected chi connectivity index (χ3v) is 2.20. The van der Waals surface area contributed by atoms with Crippen molar-refractivity contribution < 1.29 is 0 Å². The fourth-order valence-electron chi connectivity index (χ4n) is 1.39. The van der Waals surface area contributed by atoms with Crippen molar-refractivity contribution in [3.8, 4) is 0 Å². The molecule has 2 rings (SSSR count). The van der Waals surface area contributed by atoms with Crippen LogP contribution in [0.15, 0.2) is 48.8 Å². The van der Waals surface area contributed by atoms with Gasteiger partial charge in [0.15, 0.2) is 0 Å². The highest BCUT2D eigenvalue weighted by Crippen LogP contribution is 2.15. The van der Waals surface area contributed by atoms with Crippen molar-refractivity contribution in [2.45, 2.75) is 13.0 Å². The summed E-state index contributed by atoms with van der Waals surface area (Å²) in [7, 11) is 0. The molecule has 2 heteroatoms. The van der Waals surface area contributed by atoms with Crippen LogP contribution in [-0.4, -0.2) is 9.78 Å². The van der Waals surface area contributed by atoms with Crippen LogP contribution in [-0.2, 0) is 0 Å². The van der Waals surface area contributed by atoms with E-state index in [1.807, 2.05) is 23.0 Å². The van der Waals surface area contributed by atoms with Gasteiger partial charge >= 0.3 is 0 Å². The molecule has 66 valence electrons. The molecule has 0 N–H and O–H groups in total. The van der Waals surface area contributed by atoms with E-state index in [1.54, 1.807) is 6.20 Å². The van der Waals surface area contributed by atoms with E-state index in [0.717, 1.165) is 0 Å². The van der Waals surface area contributed by atoms with Gasteiger partial charge in [-0.2, -0.15) is 5.10 Å². The number of benzene rings is 1. The van der Waals surface area contributed by atoms with Gasteiger partial charge in [-0.05, 0) is 18.6 Å². The van der Waals surface area contributed by atoms with Crippen molar-refractivity contribution in [1.82, 2.24) is 9.78 Å². The Balaban J connectivity index is 2.29. The topological polar surface area (TPSA) is 17.8 Å². The third kappa shape index (κ3) is 1.61. The second-order valence-electron chi connectivity index (χ2n) is 3.07. The van der Waals surface area contributed by atoms with Gasteiger partial charge < -0.3 is 0 Å². The number of hydrogen-bond acceptors (Lipinski definition) is 1. The molecule has 0 radical (unpaired) electrons. The Kier molecular flexibility index (Phi) is 2.13. The third-order valence-electron chi connectivity index (χ3n) is 2.20. The number of rotatable bonds is 2. The molecule has 1 heterocycles. The van der Waals surface area contributed by atoms with Gasteiger partial charge in [0.05, 0.1) is 6.04 Å². The Morgan fingerprint density at radius 2 is 1.92 bits per heavy atom. The van der Waals surface area contributed by atoms with Crippen LogP contribution in [0.3, 0.4) is 0 Å². The van der Waals surface area contributed by atoms with Crippen LogP contribution in [0.4, 0.5) is 0 Å². The van der Waals surface area contributed by atoms with E-state index in [1.165, 1.54) is 5.56 Å². The first-order chi connectivity index (χ1) is 6.38. The smallest absolute Gasteiger partial charge is 0.0740 e. The highest BCUT2D eigenvalue weighted by molar-refractivity contribution is 5.18. The molecule has 0 aliphatic carbocycles. The van der Waals surface area contributed by atoms with Crippen molar-refractivity contribution in [2.24, 2.45) is 0 Å². The number of nitrogens with zero attached hydrogens (tertiary/aromatic N) is 2. The van der Waals surface area contributed by atoms with E-state index in [2.05, 4.69) is 36.3 Å². The van der Waals surface area contributed by atoms with Gasteiger partial charge in [0, 0.05) is 12.4 Å². The molecule has 0 spiro atoms. The number of aromatic nitrogens is 2. The van der Waals surface area contributed by atoms with Crippen molar-refractivity contribution in [1.29, 1.82) is 0 Å². The summed E-state index contributed by atoms with van der Waals surface area (Å²) >= 11 is 0. The molecule has 0 amide bonds. The molecule has 1 aromatic heterocycles. The molecular formula is C11H12N2. The van der Waals surface area contributed by atoms with Gasteiger partial charge in [-0.15, -0.1) is 0 Å². The summed E-state index contributed by atoms with van der Waals surface area (Å²) in [6.07, 6.45) is 3.79. The van der Waals surface area contributed by atoms with Gasteiger partial charge in [0.1, 0.15) is 0 Å². The first-order valence-corrected chi connectivity index (χ1v) is 4.42. The zero-order valence-corrected chi connectivity index (χ0v) is 7.59. The zero-order chi connectivity index (χ0) is 9.10.